The third-order valence-electron chi connectivity index (χ3n) is 5.10. The molecule has 1 atom stereocenters. The van der Waals surface area contributed by atoms with Gasteiger partial charge in [0.1, 0.15) is 0 Å². The fraction of sp³-hybridized carbons (Fsp3) is 0.588. The summed E-state index contributed by atoms with van der Waals surface area (Å²) in [5.74, 6) is 0.579. The summed E-state index contributed by atoms with van der Waals surface area (Å²) in [7, 11) is -3.51. The van der Waals surface area contributed by atoms with Crippen LogP contribution in [0.3, 0.4) is 0 Å². The molecule has 6 heteroatoms. The maximum Gasteiger partial charge on any atom is 0.243 e. The van der Waals surface area contributed by atoms with Gasteiger partial charge < -0.3 is 5.32 Å². The second kappa shape index (κ2) is 6.60. The summed E-state index contributed by atoms with van der Waals surface area (Å²) in [4.78, 5) is 0.272. The van der Waals surface area contributed by atoms with Gasteiger partial charge in [0, 0.05) is 19.1 Å². The lowest BCUT2D eigenvalue weighted by Crippen LogP contribution is -2.43. The Morgan fingerprint density at radius 1 is 1.26 bits per heavy atom. The molecule has 1 unspecified atom stereocenters. The van der Waals surface area contributed by atoms with Crippen LogP contribution >= 0.6 is 0 Å². The van der Waals surface area contributed by atoms with Gasteiger partial charge in [0.05, 0.1) is 16.5 Å². The van der Waals surface area contributed by atoms with E-state index in [1.807, 2.05) is 6.07 Å². The maximum absolute atomic E-state index is 12.9. The van der Waals surface area contributed by atoms with Gasteiger partial charge in [-0.25, -0.2) is 8.42 Å². The van der Waals surface area contributed by atoms with E-state index in [1.165, 1.54) is 18.9 Å². The number of aryl methyl sites for hydroxylation is 1. The van der Waals surface area contributed by atoms with Crippen LogP contribution in [0.5, 0.6) is 0 Å². The summed E-state index contributed by atoms with van der Waals surface area (Å²) in [6.07, 6.45) is 4.26. The van der Waals surface area contributed by atoms with Crippen molar-refractivity contribution in [2.45, 2.75) is 43.5 Å². The summed E-state index contributed by atoms with van der Waals surface area (Å²) in [5, 5.41) is 12.6. The van der Waals surface area contributed by atoms with Crippen LogP contribution in [-0.4, -0.2) is 38.4 Å². The fourth-order valence-corrected chi connectivity index (χ4v) is 5.44. The lowest BCUT2D eigenvalue weighted by atomic mass is 9.89. The largest absolute Gasteiger partial charge is 0.314 e. The van der Waals surface area contributed by atoms with Gasteiger partial charge in [0.25, 0.3) is 0 Å². The van der Waals surface area contributed by atoms with Crippen LogP contribution in [0.2, 0.25) is 0 Å². The van der Waals surface area contributed by atoms with Gasteiger partial charge in [0.15, 0.2) is 0 Å². The first kappa shape index (κ1) is 16.4. The molecule has 2 aliphatic heterocycles. The zero-order chi connectivity index (χ0) is 16.4. The smallest absolute Gasteiger partial charge is 0.243 e. The Morgan fingerprint density at radius 2 is 2.00 bits per heavy atom. The number of nitrogens with zero attached hydrogens (tertiary/aromatic N) is 2. The Bertz CT molecular complexity index is 710. The number of sulfonamides is 1. The zero-order valence-corrected chi connectivity index (χ0v) is 14.3. The molecule has 0 saturated carbocycles. The number of nitriles is 1. The number of hydrogen-bond acceptors (Lipinski definition) is 4. The molecule has 1 aromatic rings. The van der Waals surface area contributed by atoms with Crippen molar-refractivity contribution < 1.29 is 8.42 Å². The molecule has 5 nitrogen and oxygen atoms in total. The first-order valence-electron chi connectivity index (χ1n) is 8.26. The van der Waals surface area contributed by atoms with E-state index < -0.39 is 10.0 Å². The highest BCUT2D eigenvalue weighted by molar-refractivity contribution is 7.89. The standard InChI is InChI=1S/C17H23N3O2S/c1-13-4-5-14(12-18)11-17(13)23(21,22)20-9-6-15(7-10-20)16-3-2-8-19-16/h4-5,11,15-16,19H,2-3,6-10H2,1H3. The van der Waals surface area contributed by atoms with E-state index in [2.05, 4.69) is 5.32 Å². The molecule has 3 rings (SSSR count). The lowest BCUT2D eigenvalue weighted by Gasteiger charge is -2.34. The van der Waals surface area contributed by atoms with Gasteiger partial charge in [0.2, 0.25) is 10.0 Å². The lowest BCUT2D eigenvalue weighted by molar-refractivity contribution is 0.234. The highest BCUT2D eigenvalue weighted by Crippen LogP contribution is 2.29. The maximum atomic E-state index is 12.9. The van der Waals surface area contributed by atoms with Gasteiger partial charge in [-0.05, 0) is 62.8 Å². The Kier molecular flexibility index (Phi) is 4.72. The van der Waals surface area contributed by atoms with Crippen molar-refractivity contribution in [1.29, 1.82) is 5.26 Å². The molecule has 0 aliphatic carbocycles. The number of nitrogens with one attached hydrogen (secondary N) is 1. The highest BCUT2D eigenvalue weighted by Gasteiger charge is 2.34. The molecule has 0 bridgehead atoms. The van der Waals surface area contributed by atoms with Crippen molar-refractivity contribution in [3.05, 3.63) is 29.3 Å². The quantitative estimate of drug-likeness (QED) is 0.918. The van der Waals surface area contributed by atoms with Crippen LogP contribution in [0.25, 0.3) is 0 Å². The van der Waals surface area contributed by atoms with Crippen molar-refractivity contribution >= 4 is 10.0 Å². The summed E-state index contributed by atoms with van der Waals surface area (Å²) in [5.41, 5.74) is 1.09. The van der Waals surface area contributed by atoms with Gasteiger partial charge >= 0.3 is 0 Å². The second-order valence-electron chi connectivity index (χ2n) is 6.54. The zero-order valence-electron chi connectivity index (χ0n) is 13.5. The fourth-order valence-electron chi connectivity index (χ4n) is 3.72. The average Bonchev–Trinajstić information content (AvgIpc) is 3.10. The highest BCUT2D eigenvalue weighted by atomic mass is 32.2. The predicted molar refractivity (Wildman–Crippen MR) is 88.4 cm³/mol. The van der Waals surface area contributed by atoms with Crippen LogP contribution in [0.4, 0.5) is 0 Å². The minimum Gasteiger partial charge on any atom is -0.314 e. The van der Waals surface area contributed by atoms with Crippen molar-refractivity contribution in [3.8, 4) is 6.07 Å². The molecule has 2 aliphatic rings. The first-order chi connectivity index (χ1) is 11.0. The Morgan fingerprint density at radius 3 is 2.61 bits per heavy atom. The summed E-state index contributed by atoms with van der Waals surface area (Å²) in [6, 6.07) is 7.44. The van der Waals surface area contributed by atoms with Crippen LogP contribution in [0, 0.1) is 24.2 Å². The monoisotopic (exact) mass is 333 g/mol. The predicted octanol–water partition coefficient (Wildman–Crippen LogP) is 2.02. The van der Waals surface area contributed by atoms with E-state index in [1.54, 1.807) is 23.4 Å². The van der Waals surface area contributed by atoms with Gasteiger partial charge in [-0.1, -0.05) is 6.07 Å². The normalized spacial score (nSPS) is 23.7. The van der Waals surface area contributed by atoms with Gasteiger partial charge in [-0.3, -0.25) is 0 Å². The number of rotatable bonds is 3. The molecular weight excluding hydrogens is 310 g/mol. The molecule has 2 saturated heterocycles. The van der Waals surface area contributed by atoms with E-state index >= 15 is 0 Å². The van der Waals surface area contributed by atoms with E-state index in [9.17, 15) is 8.42 Å². The van der Waals surface area contributed by atoms with Gasteiger partial charge in [-0.15, -0.1) is 0 Å². The molecule has 1 aromatic carbocycles. The van der Waals surface area contributed by atoms with Gasteiger partial charge in [-0.2, -0.15) is 9.57 Å². The molecule has 23 heavy (non-hydrogen) atoms. The van der Waals surface area contributed by atoms with Crippen LogP contribution in [0.1, 0.15) is 36.8 Å². The molecule has 0 spiro atoms. The van der Waals surface area contributed by atoms with E-state index in [-0.39, 0.29) is 4.90 Å². The number of piperidine rings is 1. The van der Waals surface area contributed by atoms with E-state index in [0.717, 1.165) is 19.4 Å². The first-order valence-corrected chi connectivity index (χ1v) is 9.70. The molecule has 0 amide bonds. The summed E-state index contributed by atoms with van der Waals surface area (Å²) in [6.45, 7) is 4.01. The SMILES string of the molecule is Cc1ccc(C#N)cc1S(=O)(=O)N1CCC(C2CCCN2)CC1. The molecule has 1 N–H and O–H groups in total. The Labute approximate surface area is 138 Å². The van der Waals surface area contributed by atoms with Crippen LogP contribution in [0.15, 0.2) is 23.1 Å². The van der Waals surface area contributed by atoms with Crippen molar-refractivity contribution in [2.24, 2.45) is 5.92 Å². The third-order valence-corrected chi connectivity index (χ3v) is 7.14. The summed E-state index contributed by atoms with van der Waals surface area (Å²) >= 11 is 0. The summed E-state index contributed by atoms with van der Waals surface area (Å²) < 4.78 is 27.4. The molecule has 0 aromatic heterocycles. The minimum absolute atomic E-state index is 0.272. The Hall–Kier alpha value is -1.42. The molecule has 2 fully saturated rings. The molecule has 124 valence electrons. The number of benzene rings is 1. The molecule has 2 heterocycles. The average molecular weight is 333 g/mol. The topological polar surface area (TPSA) is 73.2 Å². The second-order valence-corrected chi connectivity index (χ2v) is 8.44. The Balaban J connectivity index is 1.75. The van der Waals surface area contributed by atoms with Crippen LogP contribution < -0.4 is 5.32 Å². The minimum atomic E-state index is -3.51. The molecular formula is C17H23N3O2S. The van der Waals surface area contributed by atoms with Crippen molar-refractivity contribution in [1.82, 2.24) is 9.62 Å². The van der Waals surface area contributed by atoms with Crippen molar-refractivity contribution in [2.75, 3.05) is 19.6 Å². The number of hydrogen-bond donors (Lipinski definition) is 1. The molecule has 0 radical (unpaired) electrons. The van der Waals surface area contributed by atoms with E-state index in [4.69, 9.17) is 5.26 Å². The van der Waals surface area contributed by atoms with Crippen LogP contribution in [-0.2, 0) is 10.0 Å². The van der Waals surface area contributed by atoms with E-state index in [0.29, 0.717) is 36.2 Å². The third kappa shape index (κ3) is 3.27. The van der Waals surface area contributed by atoms with Crippen molar-refractivity contribution in [3.63, 3.8) is 0 Å².